The number of aromatic amines is 1. The van der Waals surface area contributed by atoms with E-state index in [1.54, 1.807) is 4.57 Å². The van der Waals surface area contributed by atoms with Gasteiger partial charge in [0.1, 0.15) is 6.61 Å². The largest absolute Gasteiger partial charge is 0.460 e. The number of rotatable bonds is 7. The zero-order valence-corrected chi connectivity index (χ0v) is 16.4. The summed E-state index contributed by atoms with van der Waals surface area (Å²) in [6, 6.07) is 9.39. The minimum Gasteiger partial charge on any atom is -0.460 e. The van der Waals surface area contributed by atoms with Crippen molar-refractivity contribution in [2.75, 3.05) is 5.75 Å². The molecule has 0 radical (unpaired) electrons. The molecule has 3 rings (SSSR count). The van der Waals surface area contributed by atoms with E-state index in [4.69, 9.17) is 4.74 Å². The number of esters is 1. The number of carbonyl (C=O) groups is 1. The van der Waals surface area contributed by atoms with E-state index in [1.807, 2.05) is 37.3 Å². The fourth-order valence-corrected chi connectivity index (χ4v) is 3.44. The number of benzene rings is 1. The van der Waals surface area contributed by atoms with Crippen molar-refractivity contribution in [3.8, 4) is 0 Å². The van der Waals surface area contributed by atoms with Gasteiger partial charge in [0.05, 0.1) is 5.75 Å². The summed E-state index contributed by atoms with van der Waals surface area (Å²) >= 11 is 1.15. The molecule has 3 aromatic rings. The van der Waals surface area contributed by atoms with Crippen LogP contribution in [-0.4, -0.2) is 30.8 Å². The van der Waals surface area contributed by atoms with Crippen LogP contribution in [0.3, 0.4) is 0 Å². The summed E-state index contributed by atoms with van der Waals surface area (Å²) in [6.45, 7) is 6.24. The molecule has 0 aliphatic carbocycles. The van der Waals surface area contributed by atoms with Crippen LogP contribution in [0.4, 0.5) is 0 Å². The molecule has 0 saturated carbocycles. The first-order chi connectivity index (χ1) is 13.4. The third-order valence-corrected chi connectivity index (χ3v) is 4.91. The lowest BCUT2D eigenvalue weighted by molar-refractivity contribution is -0.141. The van der Waals surface area contributed by atoms with Gasteiger partial charge < -0.3 is 9.30 Å². The molecule has 0 saturated heterocycles. The van der Waals surface area contributed by atoms with Crippen molar-refractivity contribution in [3.63, 3.8) is 0 Å². The second-order valence-electron chi connectivity index (χ2n) is 6.36. The van der Waals surface area contributed by atoms with Gasteiger partial charge in [0, 0.05) is 13.6 Å². The second-order valence-corrected chi connectivity index (χ2v) is 7.31. The van der Waals surface area contributed by atoms with Crippen LogP contribution in [0, 0.1) is 0 Å². The van der Waals surface area contributed by atoms with Gasteiger partial charge in [-0.1, -0.05) is 54.2 Å². The van der Waals surface area contributed by atoms with Gasteiger partial charge in [-0.15, -0.1) is 0 Å². The molecule has 0 bridgehead atoms. The first-order valence-corrected chi connectivity index (χ1v) is 9.51. The molecule has 9 heteroatoms. The number of imidazole rings is 1. The Hall–Kier alpha value is -3.07. The maximum Gasteiger partial charge on any atom is 0.329 e. The summed E-state index contributed by atoms with van der Waals surface area (Å²) in [4.78, 5) is 42.9. The highest BCUT2D eigenvalue weighted by atomic mass is 32.2. The molecule has 0 aliphatic heterocycles. The molecule has 8 nitrogen and oxygen atoms in total. The molecule has 28 heavy (non-hydrogen) atoms. The average molecular weight is 400 g/mol. The quantitative estimate of drug-likeness (QED) is 0.369. The van der Waals surface area contributed by atoms with Gasteiger partial charge >= 0.3 is 11.7 Å². The molecule has 0 spiro atoms. The van der Waals surface area contributed by atoms with E-state index < -0.39 is 17.2 Å². The molecule has 146 valence electrons. The molecule has 0 amide bonds. The van der Waals surface area contributed by atoms with E-state index in [2.05, 4.69) is 16.5 Å². The number of H-pyrrole nitrogens is 1. The summed E-state index contributed by atoms with van der Waals surface area (Å²) in [5.41, 5.74) is 1.17. The molecule has 1 N–H and O–H groups in total. The van der Waals surface area contributed by atoms with E-state index in [0.717, 1.165) is 22.9 Å². The molecule has 0 fully saturated rings. The van der Waals surface area contributed by atoms with Gasteiger partial charge in [0.15, 0.2) is 16.3 Å². The van der Waals surface area contributed by atoms with Gasteiger partial charge in [-0.05, 0) is 12.5 Å². The normalized spacial score (nSPS) is 10.9. The summed E-state index contributed by atoms with van der Waals surface area (Å²) < 4.78 is 8.20. The number of allylic oxidation sites excluding steroid dienone is 1. The lowest BCUT2D eigenvalue weighted by Crippen LogP contribution is -2.29. The van der Waals surface area contributed by atoms with Crippen LogP contribution in [0.25, 0.3) is 11.2 Å². The topological polar surface area (TPSA) is 99.0 Å². The van der Waals surface area contributed by atoms with Crippen LogP contribution in [0.1, 0.15) is 12.5 Å². The van der Waals surface area contributed by atoms with Gasteiger partial charge in [-0.2, -0.15) is 0 Å². The zero-order valence-electron chi connectivity index (χ0n) is 15.6. The molecule has 0 unspecified atom stereocenters. The minimum atomic E-state index is -0.545. The number of fused-ring (bicyclic) bond motifs is 1. The van der Waals surface area contributed by atoms with Crippen molar-refractivity contribution >= 4 is 28.9 Å². The van der Waals surface area contributed by atoms with Crippen LogP contribution in [0.5, 0.6) is 0 Å². The van der Waals surface area contributed by atoms with Gasteiger partial charge in [0.25, 0.3) is 5.56 Å². The van der Waals surface area contributed by atoms with E-state index in [-0.39, 0.29) is 23.5 Å². The Morgan fingerprint density at radius 3 is 2.68 bits per heavy atom. The lowest BCUT2D eigenvalue weighted by atomic mass is 10.2. The molecular formula is C19H20N4O4S. The number of nitrogens with one attached hydrogen (secondary N) is 1. The van der Waals surface area contributed by atoms with Crippen molar-refractivity contribution in [3.05, 3.63) is 68.9 Å². The van der Waals surface area contributed by atoms with Crippen molar-refractivity contribution < 1.29 is 9.53 Å². The SMILES string of the molecule is C=C(C)Cn1c(SCC(=O)OCc2ccccc2)nc2c1c(=O)[nH]c(=O)n2C. The molecule has 0 aliphatic rings. The van der Waals surface area contributed by atoms with Crippen LogP contribution >= 0.6 is 11.8 Å². The minimum absolute atomic E-state index is 0.0260. The highest BCUT2D eigenvalue weighted by molar-refractivity contribution is 7.99. The summed E-state index contributed by atoms with van der Waals surface area (Å²) in [7, 11) is 1.53. The summed E-state index contributed by atoms with van der Waals surface area (Å²) in [6.07, 6.45) is 0. The van der Waals surface area contributed by atoms with Gasteiger partial charge in [-0.25, -0.2) is 9.78 Å². The Kier molecular flexibility index (Phi) is 5.84. The van der Waals surface area contributed by atoms with Crippen molar-refractivity contribution in [2.24, 2.45) is 7.05 Å². The highest BCUT2D eigenvalue weighted by Crippen LogP contribution is 2.22. The summed E-state index contributed by atoms with van der Waals surface area (Å²) in [5.74, 6) is -0.372. The number of nitrogens with zero attached hydrogens (tertiary/aromatic N) is 3. The number of ether oxygens (including phenoxy) is 1. The van der Waals surface area contributed by atoms with Gasteiger partial charge in [-0.3, -0.25) is 19.1 Å². The lowest BCUT2D eigenvalue weighted by Gasteiger charge is -2.08. The molecular weight excluding hydrogens is 380 g/mol. The Balaban J connectivity index is 1.82. The van der Waals surface area contributed by atoms with E-state index in [1.165, 1.54) is 11.6 Å². The fraction of sp³-hybridized carbons (Fsp3) is 0.263. The second kappa shape index (κ2) is 8.30. The fourth-order valence-electron chi connectivity index (χ4n) is 2.64. The van der Waals surface area contributed by atoms with Crippen LogP contribution in [0.2, 0.25) is 0 Å². The standard InChI is InChI=1S/C19H20N4O4S/c1-12(2)9-23-15-16(22(3)18(26)21-17(15)25)20-19(23)28-11-14(24)27-10-13-7-5-4-6-8-13/h4-8H,1,9-11H2,2-3H3,(H,21,25,26). The molecule has 1 aromatic carbocycles. The Labute approximate surface area is 164 Å². The van der Waals surface area contributed by atoms with Crippen LogP contribution < -0.4 is 11.2 Å². The van der Waals surface area contributed by atoms with Crippen LogP contribution in [0.15, 0.2) is 57.2 Å². The highest BCUT2D eigenvalue weighted by Gasteiger charge is 2.18. The zero-order chi connectivity index (χ0) is 20.3. The molecule has 0 atom stereocenters. The monoisotopic (exact) mass is 400 g/mol. The van der Waals surface area contributed by atoms with Gasteiger partial charge in [0.2, 0.25) is 0 Å². The van der Waals surface area contributed by atoms with E-state index in [9.17, 15) is 14.4 Å². The van der Waals surface area contributed by atoms with Crippen molar-refractivity contribution in [1.82, 2.24) is 19.1 Å². The first kappa shape index (κ1) is 19.7. The summed E-state index contributed by atoms with van der Waals surface area (Å²) in [5, 5.41) is 0.446. The average Bonchev–Trinajstić information content (AvgIpc) is 3.02. The Bertz CT molecular complexity index is 1140. The third kappa shape index (κ3) is 4.25. The number of aromatic nitrogens is 4. The predicted molar refractivity (Wildman–Crippen MR) is 107 cm³/mol. The van der Waals surface area contributed by atoms with Crippen LogP contribution in [-0.2, 0) is 29.7 Å². The van der Waals surface area contributed by atoms with Crippen molar-refractivity contribution in [2.45, 2.75) is 25.2 Å². The number of carbonyl (C=O) groups excluding carboxylic acids is 1. The van der Waals surface area contributed by atoms with E-state index >= 15 is 0 Å². The Morgan fingerprint density at radius 1 is 1.29 bits per heavy atom. The number of hydrogen-bond donors (Lipinski definition) is 1. The number of aryl methyl sites for hydroxylation is 1. The van der Waals surface area contributed by atoms with Crippen molar-refractivity contribution in [1.29, 1.82) is 0 Å². The molecule has 2 aromatic heterocycles. The number of thioether (sulfide) groups is 1. The maximum atomic E-state index is 12.3. The molecule has 2 heterocycles. The van der Waals surface area contributed by atoms with E-state index in [0.29, 0.717) is 11.7 Å². The smallest absolute Gasteiger partial charge is 0.329 e. The third-order valence-electron chi connectivity index (χ3n) is 3.96. The maximum absolute atomic E-state index is 12.3. The Morgan fingerprint density at radius 2 is 2.00 bits per heavy atom. The number of hydrogen-bond acceptors (Lipinski definition) is 6. The first-order valence-electron chi connectivity index (χ1n) is 8.53. The predicted octanol–water partition coefficient (Wildman–Crippen LogP) is 1.83.